The van der Waals surface area contributed by atoms with Crippen molar-refractivity contribution < 1.29 is 0 Å². The van der Waals surface area contributed by atoms with Crippen LogP contribution in [0.15, 0.2) is 36.4 Å². The quantitative estimate of drug-likeness (QED) is 0.525. The predicted octanol–water partition coefficient (Wildman–Crippen LogP) is 7.85. The lowest BCUT2D eigenvalue weighted by molar-refractivity contribution is 0.829. The van der Waals surface area contributed by atoms with E-state index in [2.05, 4.69) is 91.8 Å². The summed E-state index contributed by atoms with van der Waals surface area (Å²) in [6, 6.07) is 14.2. The van der Waals surface area contributed by atoms with Crippen LogP contribution in [-0.4, -0.2) is 0 Å². The Hall–Kier alpha value is -1.56. The SMILES string of the molecule is CC(C)c1cc(-c2ccc(C(C)C)cc2C(C)C)cc(C(C)C)c1. The molecule has 0 atom stereocenters. The van der Waals surface area contributed by atoms with Crippen LogP contribution in [-0.2, 0) is 0 Å². The Kier molecular flexibility index (Phi) is 5.91. The van der Waals surface area contributed by atoms with Crippen LogP contribution >= 0.6 is 0 Å². The molecule has 0 heteroatoms. The molecule has 130 valence electrons. The van der Waals surface area contributed by atoms with Gasteiger partial charge in [0.25, 0.3) is 0 Å². The van der Waals surface area contributed by atoms with Gasteiger partial charge in [0.1, 0.15) is 0 Å². The average molecular weight is 323 g/mol. The normalized spacial score (nSPS) is 12.0. The lowest BCUT2D eigenvalue weighted by Crippen LogP contribution is -1.99. The van der Waals surface area contributed by atoms with Crippen molar-refractivity contribution in [3.63, 3.8) is 0 Å². The van der Waals surface area contributed by atoms with Crippen molar-refractivity contribution in [1.82, 2.24) is 0 Å². The highest BCUT2D eigenvalue weighted by Crippen LogP contribution is 2.35. The molecule has 0 bridgehead atoms. The van der Waals surface area contributed by atoms with Gasteiger partial charge in [-0.2, -0.15) is 0 Å². The van der Waals surface area contributed by atoms with Crippen molar-refractivity contribution in [2.75, 3.05) is 0 Å². The van der Waals surface area contributed by atoms with E-state index in [0.717, 1.165) is 0 Å². The Labute approximate surface area is 149 Å². The summed E-state index contributed by atoms with van der Waals surface area (Å²) in [6.07, 6.45) is 0. The highest BCUT2D eigenvalue weighted by atomic mass is 14.2. The Morgan fingerprint density at radius 3 is 1.42 bits per heavy atom. The summed E-state index contributed by atoms with van der Waals surface area (Å²) in [5, 5.41) is 0. The van der Waals surface area contributed by atoms with Gasteiger partial charge in [0.15, 0.2) is 0 Å². The molecule has 0 aliphatic heterocycles. The molecule has 0 unspecified atom stereocenters. The molecule has 0 aliphatic rings. The maximum Gasteiger partial charge on any atom is -0.0149 e. The van der Waals surface area contributed by atoms with Crippen LogP contribution in [0.3, 0.4) is 0 Å². The van der Waals surface area contributed by atoms with Crippen LogP contribution in [0.2, 0.25) is 0 Å². The zero-order chi connectivity index (χ0) is 18.0. The predicted molar refractivity (Wildman–Crippen MR) is 108 cm³/mol. The molecule has 2 aromatic carbocycles. The van der Waals surface area contributed by atoms with Crippen molar-refractivity contribution in [3.8, 4) is 11.1 Å². The van der Waals surface area contributed by atoms with Crippen LogP contribution in [0, 0.1) is 0 Å². The molecule has 0 aromatic heterocycles. The van der Waals surface area contributed by atoms with Crippen LogP contribution in [0.1, 0.15) is 101 Å². The molecule has 0 nitrogen and oxygen atoms in total. The topological polar surface area (TPSA) is 0 Å². The summed E-state index contributed by atoms with van der Waals surface area (Å²) in [4.78, 5) is 0. The molecule has 0 N–H and O–H groups in total. The molecule has 24 heavy (non-hydrogen) atoms. The van der Waals surface area contributed by atoms with Crippen LogP contribution in [0.5, 0.6) is 0 Å². The molecule has 0 saturated heterocycles. The summed E-state index contributed by atoms with van der Waals surface area (Å²) in [6.45, 7) is 18.3. The van der Waals surface area contributed by atoms with Crippen molar-refractivity contribution >= 4 is 0 Å². The second-order valence-corrected chi connectivity index (χ2v) is 8.35. The number of hydrogen-bond acceptors (Lipinski definition) is 0. The van der Waals surface area contributed by atoms with E-state index in [0.29, 0.717) is 23.7 Å². The van der Waals surface area contributed by atoms with E-state index in [9.17, 15) is 0 Å². The van der Waals surface area contributed by atoms with Crippen LogP contribution in [0.25, 0.3) is 11.1 Å². The van der Waals surface area contributed by atoms with Gasteiger partial charge in [0, 0.05) is 0 Å². The van der Waals surface area contributed by atoms with Gasteiger partial charge in [0.05, 0.1) is 0 Å². The van der Waals surface area contributed by atoms with Crippen molar-refractivity contribution in [1.29, 1.82) is 0 Å². The molecule has 0 radical (unpaired) electrons. The van der Waals surface area contributed by atoms with Gasteiger partial charge in [-0.05, 0) is 57.1 Å². The maximum absolute atomic E-state index is 2.42. The average Bonchev–Trinajstić information content (AvgIpc) is 2.53. The number of rotatable bonds is 5. The standard InChI is InChI=1S/C24H34/c1-15(2)19-9-10-23(24(14-19)18(7)8)22-12-20(16(3)4)11-21(13-22)17(5)6/h9-18H,1-8H3. The smallest absolute Gasteiger partial charge is 0.0149 e. The van der Waals surface area contributed by atoms with Gasteiger partial charge in [-0.3, -0.25) is 0 Å². The highest BCUT2D eigenvalue weighted by molar-refractivity contribution is 5.70. The fourth-order valence-corrected chi connectivity index (χ4v) is 3.18. The van der Waals surface area contributed by atoms with E-state index in [1.807, 2.05) is 0 Å². The largest absolute Gasteiger partial charge is 0.0587 e. The molecule has 2 rings (SSSR count). The van der Waals surface area contributed by atoms with Crippen LogP contribution < -0.4 is 0 Å². The van der Waals surface area contributed by atoms with Gasteiger partial charge in [-0.1, -0.05) is 91.8 Å². The second-order valence-electron chi connectivity index (χ2n) is 8.35. The minimum atomic E-state index is 0.531. The summed E-state index contributed by atoms with van der Waals surface area (Å²) < 4.78 is 0. The zero-order valence-corrected chi connectivity index (χ0v) is 16.8. The Morgan fingerprint density at radius 2 is 1.00 bits per heavy atom. The number of benzene rings is 2. The zero-order valence-electron chi connectivity index (χ0n) is 16.8. The minimum absolute atomic E-state index is 0.531. The molecule has 0 fully saturated rings. The first kappa shape index (κ1) is 18.8. The van der Waals surface area contributed by atoms with E-state index in [1.165, 1.54) is 33.4 Å². The molecule has 0 heterocycles. The molecule has 0 amide bonds. The monoisotopic (exact) mass is 322 g/mol. The van der Waals surface area contributed by atoms with Gasteiger partial charge >= 0.3 is 0 Å². The van der Waals surface area contributed by atoms with E-state index >= 15 is 0 Å². The first-order chi connectivity index (χ1) is 11.2. The fraction of sp³-hybridized carbons (Fsp3) is 0.500. The molecule has 0 aliphatic carbocycles. The Morgan fingerprint density at radius 1 is 0.500 bits per heavy atom. The molecular formula is C24H34. The van der Waals surface area contributed by atoms with Crippen LogP contribution in [0.4, 0.5) is 0 Å². The van der Waals surface area contributed by atoms with Crippen molar-refractivity contribution in [3.05, 3.63) is 58.7 Å². The molecular weight excluding hydrogens is 288 g/mol. The van der Waals surface area contributed by atoms with Gasteiger partial charge in [-0.25, -0.2) is 0 Å². The van der Waals surface area contributed by atoms with E-state index < -0.39 is 0 Å². The molecule has 0 saturated carbocycles. The maximum atomic E-state index is 2.42. The lowest BCUT2D eigenvalue weighted by atomic mass is 9.85. The summed E-state index contributed by atoms with van der Waals surface area (Å²) >= 11 is 0. The summed E-state index contributed by atoms with van der Waals surface area (Å²) in [5.41, 5.74) is 8.57. The van der Waals surface area contributed by atoms with Gasteiger partial charge < -0.3 is 0 Å². The lowest BCUT2D eigenvalue weighted by Gasteiger charge is -2.19. The third-order valence-electron chi connectivity index (χ3n) is 4.99. The molecule has 0 spiro atoms. The third-order valence-corrected chi connectivity index (χ3v) is 4.99. The minimum Gasteiger partial charge on any atom is -0.0587 e. The van der Waals surface area contributed by atoms with Crippen molar-refractivity contribution in [2.45, 2.75) is 79.1 Å². The second kappa shape index (κ2) is 7.55. The van der Waals surface area contributed by atoms with Crippen molar-refractivity contribution in [2.24, 2.45) is 0 Å². The summed E-state index contributed by atoms with van der Waals surface area (Å²) in [5.74, 6) is 2.22. The van der Waals surface area contributed by atoms with E-state index in [4.69, 9.17) is 0 Å². The first-order valence-electron chi connectivity index (χ1n) is 9.49. The van der Waals surface area contributed by atoms with E-state index in [-0.39, 0.29) is 0 Å². The first-order valence-corrected chi connectivity index (χ1v) is 9.49. The number of hydrogen-bond donors (Lipinski definition) is 0. The summed E-state index contributed by atoms with van der Waals surface area (Å²) in [7, 11) is 0. The Balaban J connectivity index is 2.66. The van der Waals surface area contributed by atoms with Gasteiger partial charge in [0.2, 0.25) is 0 Å². The molecule has 2 aromatic rings. The van der Waals surface area contributed by atoms with E-state index in [1.54, 1.807) is 0 Å². The Bertz CT molecular complexity index is 661. The fourth-order valence-electron chi connectivity index (χ4n) is 3.18. The third kappa shape index (κ3) is 4.09. The highest BCUT2D eigenvalue weighted by Gasteiger charge is 2.14. The van der Waals surface area contributed by atoms with Gasteiger partial charge in [-0.15, -0.1) is 0 Å².